The number of aliphatic hydroxyl groups is 1. The molecule has 0 amide bonds. The van der Waals surface area contributed by atoms with Crippen molar-refractivity contribution in [2.45, 2.75) is 180 Å². The number of hydrogen-bond donors (Lipinski definition) is 1. The van der Waals surface area contributed by atoms with E-state index in [9.17, 15) is 14.7 Å². The number of esters is 2. The van der Waals surface area contributed by atoms with Gasteiger partial charge in [0.2, 0.25) is 0 Å². The summed E-state index contributed by atoms with van der Waals surface area (Å²) in [6.07, 6.45) is 52.4. The molecule has 0 spiro atoms. The molecule has 0 aromatic rings. The van der Waals surface area contributed by atoms with Crippen molar-refractivity contribution in [2.75, 3.05) is 13.2 Å². The summed E-state index contributed by atoms with van der Waals surface area (Å²) in [6.45, 7) is 3.97. The zero-order chi connectivity index (χ0) is 35.7. The average Bonchev–Trinajstić information content (AvgIpc) is 3.10. The predicted molar refractivity (Wildman–Crippen MR) is 210 cm³/mol. The molecule has 0 aromatic heterocycles. The van der Waals surface area contributed by atoms with Crippen molar-refractivity contribution >= 4 is 11.9 Å². The van der Waals surface area contributed by atoms with E-state index in [0.717, 1.165) is 83.5 Å². The number of rotatable bonds is 35. The molecule has 0 aliphatic rings. The van der Waals surface area contributed by atoms with Crippen LogP contribution in [0.3, 0.4) is 0 Å². The van der Waals surface area contributed by atoms with Gasteiger partial charge < -0.3 is 14.6 Å². The molecule has 0 radical (unpaired) electrons. The lowest BCUT2D eigenvalue weighted by Gasteiger charge is -2.15. The minimum absolute atomic E-state index is 0.0870. The maximum absolute atomic E-state index is 12.2. The number of aliphatic hydroxyl groups excluding tert-OH is 1. The average molecular weight is 683 g/mol. The Labute approximate surface area is 302 Å². The number of carbonyl (C=O) groups is 2. The van der Waals surface area contributed by atoms with Crippen molar-refractivity contribution in [2.24, 2.45) is 0 Å². The van der Waals surface area contributed by atoms with Gasteiger partial charge >= 0.3 is 11.9 Å². The Hall–Kier alpha value is -2.66. The second kappa shape index (κ2) is 39.8. The van der Waals surface area contributed by atoms with Gasteiger partial charge in [-0.25, -0.2) is 0 Å². The van der Waals surface area contributed by atoms with Gasteiger partial charge in [0, 0.05) is 12.8 Å². The third kappa shape index (κ3) is 38.0. The maximum Gasteiger partial charge on any atom is 0.306 e. The van der Waals surface area contributed by atoms with E-state index in [1.54, 1.807) is 0 Å². The van der Waals surface area contributed by atoms with Gasteiger partial charge in [-0.05, 0) is 83.5 Å². The van der Waals surface area contributed by atoms with E-state index >= 15 is 0 Å². The Morgan fingerprint density at radius 2 is 0.878 bits per heavy atom. The van der Waals surface area contributed by atoms with Crippen LogP contribution in [0.1, 0.15) is 174 Å². The Morgan fingerprint density at radius 3 is 1.37 bits per heavy atom. The smallest absolute Gasteiger partial charge is 0.306 e. The second-order valence-corrected chi connectivity index (χ2v) is 13.0. The van der Waals surface area contributed by atoms with E-state index < -0.39 is 6.10 Å². The summed E-state index contributed by atoms with van der Waals surface area (Å²) in [7, 11) is 0. The van der Waals surface area contributed by atoms with Crippen LogP contribution >= 0.6 is 0 Å². The van der Waals surface area contributed by atoms with E-state index in [1.807, 2.05) is 0 Å². The highest BCUT2D eigenvalue weighted by molar-refractivity contribution is 5.70. The zero-order valence-electron chi connectivity index (χ0n) is 31.7. The molecule has 0 saturated heterocycles. The molecule has 280 valence electrons. The van der Waals surface area contributed by atoms with Crippen molar-refractivity contribution in [3.05, 3.63) is 72.9 Å². The Morgan fingerprint density at radius 1 is 0.490 bits per heavy atom. The normalized spacial score (nSPS) is 13.0. The van der Waals surface area contributed by atoms with Crippen molar-refractivity contribution < 1.29 is 24.2 Å². The minimum atomic E-state index is -0.795. The summed E-state index contributed by atoms with van der Waals surface area (Å²) in [5.41, 5.74) is 0. The fourth-order valence-electron chi connectivity index (χ4n) is 5.22. The molecule has 0 aromatic carbocycles. The lowest BCUT2D eigenvalue weighted by atomic mass is 10.1. The van der Waals surface area contributed by atoms with Crippen LogP contribution < -0.4 is 0 Å². The third-order valence-corrected chi connectivity index (χ3v) is 8.23. The van der Waals surface area contributed by atoms with Gasteiger partial charge in [-0.3, -0.25) is 9.59 Å². The molecule has 49 heavy (non-hydrogen) atoms. The molecule has 0 heterocycles. The summed E-state index contributed by atoms with van der Waals surface area (Å²) in [5, 5.41) is 9.55. The van der Waals surface area contributed by atoms with Gasteiger partial charge in [-0.15, -0.1) is 0 Å². The fourth-order valence-corrected chi connectivity index (χ4v) is 5.22. The highest BCUT2D eigenvalue weighted by atomic mass is 16.6. The summed E-state index contributed by atoms with van der Waals surface area (Å²) in [6, 6.07) is 0. The van der Waals surface area contributed by atoms with E-state index in [2.05, 4.69) is 86.8 Å². The first-order valence-corrected chi connectivity index (χ1v) is 20.0. The van der Waals surface area contributed by atoms with Crippen LogP contribution in [0.15, 0.2) is 72.9 Å². The van der Waals surface area contributed by atoms with Gasteiger partial charge in [0.25, 0.3) is 0 Å². The van der Waals surface area contributed by atoms with Crippen LogP contribution in [0.2, 0.25) is 0 Å². The van der Waals surface area contributed by atoms with Crippen LogP contribution in [0.4, 0.5) is 0 Å². The standard InChI is InChI=1S/C44H74O5/c1-3-5-7-9-11-13-15-17-19-21-22-23-25-27-29-31-33-35-37-39-44(47)49-42(40-45)41-48-43(46)38-36-34-32-30-28-26-24-20-18-16-14-12-10-8-6-4-2/h5,7,11,13,17,19-20,22-24,27,29,42,45H,3-4,6,8-10,12,14-16,18,21,25-26,28,30-41H2,1-2H3/b7-5-,13-11-,19-17-,23-22-,24-20-,29-27-. The maximum atomic E-state index is 12.2. The highest BCUT2D eigenvalue weighted by Gasteiger charge is 2.16. The summed E-state index contributed by atoms with van der Waals surface area (Å²) < 4.78 is 10.6. The molecule has 5 heteroatoms. The molecule has 0 aliphatic carbocycles. The van der Waals surface area contributed by atoms with Crippen molar-refractivity contribution in [1.82, 2.24) is 0 Å². The first-order chi connectivity index (χ1) is 24.1. The molecule has 1 unspecified atom stereocenters. The van der Waals surface area contributed by atoms with Gasteiger partial charge in [0.15, 0.2) is 6.10 Å². The first-order valence-electron chi connectivity index (χ1n) is 20.0. The SMILES string of the molecule is CC/C=C\C/C=C\C/C=C\C/C=C\C/C=C\CCCCCC(=O)OC(CO)COC(=O)CCCCCCC/C=C\CCCCCCCCC. The highest BCUT2D eigenvalue weighted by Crippen LogP contribution is 2.12. The van der Waals surface area contributed by atoms with Crippen molar-refractivity contribution in [3.63, 3.8) is 0 Å². The third-order valence-electron chi connectivity index (χ3n) is 8.23. The van der Waals surface area contributed by atoms with E-state index in [0.29, 0.717) is 12.8 Å². The monoisotopic (exact) mass is 683 g/mol. The van der Waals surface area contributed by atoms with Crippen LogP contribution in [-0.2, 0) is 19.1 Å². The lowest BCUT2D eigenvalue weighted by Crippen LogP contribution is -2.28. The first kappa shape index (κ1) is 46.3. The minimum Gasteiger partial charge on any atom is -0.462 e. The van der Waals surface area contributed by atoms with Crippen LogP contribution in [0.5, 0.6) is 0 Å². The second-order valence-electron chi connectivity index (χ2n) is 13.0. The predicted octanol–water partition coefficient (Wildman–Crippen LogP) is 12.6. The summed E-state index contributed by atoms with van der Waals surface area (Å²) in [5.74, 6) is -0.643. The number of ether oxygens (including phenoxy) is 2. The summed E-state index contributed by atoms with van der Waals surface area (Å²) >= 11 is 0. The van der Waals surface area contributed by atoms with Crippen molar-refractivity contribution in [1.29, 1.82) is 0 Å². The molecular weight excluding hydrogens is 608 g/mol. The molecule has 5 nitrogen and oxygen atoms in total. The van der Waals surface area contributed by atoms with Gasteiger partial charge in [-0.2, -0.15) is 0 Å². The number of allylic oxidation sites excluding steroid dienone is 12. The Kier molecular flexibility index (Phi) is 37.6. The molecule has 0 rings (SSSR count). The zero-order valence-corrected chi connectivity index (χ0v) is 31.7. The van der Waals surface area contributed by atoms with E-state index in [4.69, 9.17) is 9.47 Å². The largest absolute Gasteiger partial charge is 0.462 e. The molecule has 1 atom stereocenters. The Balaban J connectivity index is 3.66. The fraction of sp³-hybridized carbons (Fsp3) is 0.682. The van der Waals surface area contributed by atoms with E-state index in [1.165, 1.54) is 64.2 Å². The van der Waals surface area contributed by atoms with Crippen molar-refractivity contribution in [3.8, 4) is 0 Å². The van der Waals surface area contributed by atoms with Gasteiger partial charge in [0.1, 0.15) is 6.61 Å². The lowest BCUT2D eigenvalue weighted by molar-refractivity contribution is -0.161. The quantitative estimate of drug-likeness (QED) is 0.0409. The van der Waals surface area contributed by atoms with Crippen LogP contribution in [0, 0.1) is 0 Å². The number of unbranched alkanes of at least 4 members (excludes halogenated alkanes) is 15. The van der Waals surface area contributed by atoms with E-state index in [-0.39, 0.29) is 25.2 Å². The molecule has 0 aliphatic heterocycles. The molecule has 0 bridgehead atoms. The van der Waals surface area contributed by atoms with Crippen LogP contribution in [-0.4, -0.2) is 36.4 Å². The Bertz CT molecular complexity index is 910. The van der Waals surface area contributed by atoms with Gasteiger partial charge in [0.05, 0.1) is 6.61 Å². The van der Waals surface area contributed by atoms with Crippen LogP contribution in [0.25, 0.3) is 0 Å². The van der Waals surface area contributed by atoms with Gasteiger partial charge in [-0.1, -0.05) is 151 Å². The molecule has 0 saturated carbocycles. The number of carbonyl (C=O) groups excluding carboxylic acids is 2. The summed E-state index contributed by atoms with van der Waals surface area (Å²) in [4.78, 5) is 24.3. The molecule has 0 fully saturated rings. The molecular formula is C44H74O5. The molecule has 1 N–H and O–H groups in total. The topological polar surface area (TPSA) is 72.8 Å². The number of hydrogen-bond acceptors (Lipinski definition) is 5.